The standard InChI is InChI=1S/C11H9ClN2S/c1-6-5-9(11(13)15)14-10-7(6)3-2-4-8(10)12/h2-5H,1H3,(H2,13,15). The maximum Gasteiger partial charge on any atom is 0.122 e. The number of rotatable bonds is 1. The molecule has 4 heteroatoms. The molecule has 1 aromatic heterocycles. The summed E-state index contributed by atoms with van der Waals surface area (Å²) in [5.41, 5.74) is 7.99. The lowest BCUT2D eigenvalue weighted by molar-refractivity contribution is 1.33. The molecule has 0 fully saturated rings. The van der Waals surface area contributed by atoms with E-state index in [4.69, 9.17) is 29.6 Å². The van der Waals surface area contributed by atoms with Crippen LogP contribution in [-0.2, 0) is 0 Å². The zero-order valence-electron chi connectivity index (χ0n) is 8.12. The SMILES string of the molecule is Cc1cc(C(N)=S)nc2c(Cl)cccc12. The summed E-state index contributed by atoms with van der Waals surface area (Å²) in [6.45, 7) is 1.99. The van der Waals surface area contributed by atoms with Crippen molar-refractivity contribution in [1.29, 1.82) is 0 Å². The van der Waals surface area contributed by atoms with Crippen molar-refractivity contribution in [2.45, 2.75) is 6.92 Å². The van der Waals surface area contributed by atoms with Crippen LogP contribution in [0.5, 0.6) is 0 Å². The molecule has 2 aromatic rings. The molecule has 2 rings (SSSR count). The van der Waals surface area contributed by atoms with Gasteiger partial charge in [0.25, 0.3) is 0 Å². The van der Waals surface area contributed by atoms with Gasteiger partial charge in [-0.2, -0.15) is 0 Å². The highest BCUT2D eigenvalue weighted by molar-refractivity contribution is 7.80. The van der Waals surface area contributed by atoms with Crippen molar-refractivity contribution in [2.75, 3.05) is 0 Å². The molecular formula is C11H9ClN2S. The van der Waals surface area contributed by atoms with Crippen molar-refractivity contribution >= 4 is 39.7 Å². The Hall–Kier alpha value is -1.19. The topological polar surface area (TPSA) is 38.9 Å². The van der Waals surface area contributed by atoms with E-state index in [0.29, 0.717) is 15.7 Å². The zero-order chi connectivity index (χ0) is 11.0. The molecule has 0 bridgehead atoms. The molecule has 0 aliphatic carbocycles. The van der Waals surface area contributed by atoms with E-state index in [1.807, 2.05) is 25.1 Å². The predicted octanol–water partition coefficient (Wildman–Crippen LogP) is 2.83. The summed E-state index contributed by atoms with van der Waals surface area (Å²) >= 11 is 11.0. The van der Waals surface area contributed by atoms with Gasteiger partial charge in [-0.1, -0.05) is 36.0 Å². The maximum absolute atomic E-state index is 6.06. The monoisotopic (exact) mass is 236 g/mol. The quantitative estimate of drug-likeness (QED) is 0.774. The van der Waals surface area contributed by atoms with Crippen molar-refractivity contribution in [3.05, 3.63) is 40.5 Å². The molecule has 0 unspecified atom stereocenters. The second-order valence-corrected chi connectivity index (χ2v) is 4.17. The Bertz CT molecular complexity index is 552. The number of halogens is 1. The Labute approximate surface area is 98.1 Å². The molecule has 2 nitrogen and oxygen atoms in total. The van der Waals surface area contributed by atoms with Crippen molar-refractivity contribution in [2.24, 2.45) is 5.73 Å². The largest absolute Gasteiger partial charge is 0.388 e. The van der Waals surface area contributed by atoms with Gasteiger partial charge in [0.2, 0.25) is 0 Å². The van der Waals surface area contributed by atoms with Crippen LogP contribution in [0.1, 0.15) is 11.3 Å². The van der Waals surface area contributed by atoms with E-state index in [1.54, 1.807) is 6.07 Å². The van der Waals surface area contributed by atoms with Gasteiger partial charge >= 0.3 is 0 Å². The number of pyridine rings is 1. The average Bonchev–Trinajstić information content (AvgIpc) is 2.19. The maximum atomic E-state index is 6.06. The van der Waals surface area contributed by atoms with E-state index >= 15 is 0 Å². The van der Waals surface area contributed by atoms with Gasteiger partial charge in [-0.3, -0.25) is 0 Å². The molecule has 0 atom stereocenters. The number of nitrogens with two attached hydrogens (primary N) is 1. The minimum atomic E-state index is 0.292. The number of nitrogens with zero attached hydrogens (tertiary/aromatic N) is 1. The van der Waals surface area contributed by atoms with Gasteiger partial charge in [-0.15, -0.1) is 0 Å². The van der Waals surface area contributed by atoms with E-state index in [-0.39, 0.29) is 0 Å². The van der Waals surface area contributed by atoms with Crippen LogP contribution in [0.4, 0.5) is 0 Å². The normalized spacial score (nSPS) is 10.5. The van der Waals surface area contributed by atoms with Gasteiger partial charge in [-0.25, -0.2) is 4.98 Å². The second kappa shape index (κ2) is 3.76. The number of aryl methyl sites for hydroxylation is 1. The molecule has 0 spiro atoms. The highest BCUT2D eigenvalue weighted by Gasteiger charge is 2.06. The third kappa shape index (κ3) is 1.80. The highest BCUT2D eigenvalue weighted by Crippen LogP contribution is 2.24. The van der Waals surface area contributed by atoms with Gasteiger partial charge in [0.1, 0.15) is 4.99 Å². The summed E-state index contributed by atoms with van der Waals surface area (Å²) in [6.07, 6.45) is 0. The van der Waals surface area contributed by atoms with Crippen LogP contribution in [-0.4, -0.2) is 9.97 Å². The highest BCUT2D eigenvalue weighted by atomic mass is 35.5. The Kier molecular flexibility index (Phi) is 2.59. The van der Waals surface area contributed by atoms with Gasteiger partial charge < -0.3 is 5.73 Å². The van der Waals surface area contributed by atoms with E-state index in [0.717, 1.165) is 16.5 Å². The molecule has 0 amide bonds. The van der Waals surface area contributed by atoms with Crippen molar-refractivity contribution in [1.82, 2.24) is 4.98 Å². The van der Waals surface area contributed by atoms with Crippen LogP contribution >= 0.6 is 23.8 Å². The van der Waals surface area contributed by atoms with Crippen molar-refractivity contribution < 1.29 is 0 Å². The lowest BCUT2D eigenvalue weighted by Crippen LogP contribution is -2.11. The summed E-state index contributed by atoms with van der Waals surface area (Å²) in [5, 5.41) is 1.65. The third-order valence-corrected chi connectivity index (χ3v) is 2.76. The summed E-state index contributed by atoms with van der Waals surface area (Å²) in [4.78, 5) is 4.63. The molecule has 0 saturated carbocycles. The number of thiocarbonyl (C=S) groups is 1. The van der Waals surface area contributed by atoms with Crippen LogP contribution in [0, 0.1) is 6.92 Å². The molecule has 76 valence electrons. The predicted molar refractivity (Wildman–Crippen MR) is 67.4 cm³/mol. The van der Waals surface area contributed by atoms with Crippen LogP contribution in [0.2, 0.25) is 5.02 Å². The first-order chi connectivity index (χ1) is 7.09. The van der Waals surface area contributed by atoms with E-state index in [1.165, 1.54) is 0 Å². The lowest BCUT2D eigenvalue weighted by Gasteiger charge is -2.06. The van der Waals surface area contributed by atoms with Crippen LogP contribution in [0.25, 0.3) is 10.9 Å². The summed E-state index contributed by atoms with van der Waals surface area (Å²) < 4.78 is 0. The van der Waals surface area contributed by atoms with Gasteiger partial charge in [0.15, 0.2) is 0 Å². The first kappa shape index (κ1) is 10.3. The van der Waals surface area contributed by atoms with E-state index < -0.39 is 0 Å². The van der Waals surface area contributed by atoms with Crippen molar-refractivity contribution in [3.8, 4) is 0 Å². The van der Waals surface area contributed by atoms with E-state index in [9.17, 15) is 0 Å². The molecule has 0 radical (unpaired) electrons. The van der Waals surface area contributed by atoms with Crippen molar-refractivity contribution in [3.63, 3.8) is 0 Å². The molecule has 1 heterocycles. The number of aromatic nitrogens is 1. The first-order valence-corrected chi connectivity index (χ1v) is 5.24. The minimum Gasteiger partial charge on any atom is -0.388 e. The fourth-order valence-corrected chi connectivity index (χ4v) is 1.83. The molecule has 0 saturated heterocycles. The van der Waals surface area contributed by atoms with Crippen LogP contribution in [0.15, 0.2) is 24.3 Å². The fourth-order valence-electron chi connectivity index (χ4n) is 1.51. The van der Waals surface area contributed by atoms with Gasteiger partial charge in [0, 0.05) is 5.39 Å². The van der Waals surface area contributed by atoms with Gasteiger partial charge in [-0.05, 0) is 24.6 Å². The molecule has 15 heavy (non-hydrogen) atoms. The summed E-state index contributed by atoms with van der Waals surface area (Å²) in [7, 11) is 0. The van der Waals surface area contributed by atoms with E-state index in [2.05, 4.69) is 4.98 Å². The third-order valence-electron chi connectivity index (χ3n) is 2.25. The first-order valence-electron chi connectivity index (χ1n) is 4.45. The Morgan fingerprint density at radius 1 is 1.47 bits per heavy atom. The Balaban J connectivity index is 2.85. The molecule has 0 aliphatic heterocycles. The minimum absolute atomic E-state index is 0.292. The van der Waals surface area contributed by atoms with Crippen LogP contribution in [0.3, 0.4) is 0 Å². The zero-order valence-corrected chi connectivity index (χ0v) is 9.69. The average molecular weight is 237 g/mol. The summed E-state index contributed by atoms with van der Waals surface area (Å²) in [6, 6.07) is 7.56. The smallest absolute Gasteiger partial charge is 0.122 e. The summed E-state index contributed by atoms with van der Waals surface area (Å²) in [5.74, 6) is 0. The number of benzene rings is 1. The molecule has 1 aromatic carbocycles. The number of hydrogen-bond donors (Lipinski definition) is 1. The molecule has 2 N–H and O–H groups in total. The Morgan fingerprint density at radius 3 is 2.87 bits per heavy atom. The number of para-hydroxylation sites is 1. The number of fused-ring (bicyclic) bond motifs is 1. The number of hydrogen-bond acceptors (Lipinski definition) is 2. The van der Waals surface area contributed by atoms with Gasteiger partial charge in [0.05, 0.1) is 16.2 Å². The van der Waals surface area contributed by atoms with Crippen LogP contribution < -0.4 is 5.73 Å². The fraction of sp³-hybridized carbons (Fsp3) is 0.0909. The lowest BCUT2D eigenvalue weighted by atomic mass is 10.1. The molecule has 0 aliphatic rings. The molecular weight excluding hydrogens is 228 g/mol. The Morgan fingerprint density at radius 2 is 2.20 bits per heavy atom. The second-order valence-electron chi connectivity index (χ2n) is 3.32.